The zero-order chi connectivity index (χ0) is 12.7. The molecule has 1 aliphatic heterocycles. The van der Waals surface area contributed by atoms with E-state index in [4.69, 9.17) is 9.47 Å². The molecule has 1 unspecified atom stereocenters. The van der Waals surface area contributed by atoms with E-state index in [0.29, 0.717) is 12.7 Å². The van der Waals surface area contributed by atoms with Gasteiger partial charge in [-0.05, 0) is 25.1 Å². The Balaban J connectivity index is 2.13. The van der Waals surface area contributed by atoms with Gasteiger partial charge in [-0.3, -0.25) is 0 Å². The van der Waals surface area contributed by atoms with E-state index in [1.165, 1.54) is 0 Å². The van der Waals surface area contributed by atoms with Crippen LogP contribution in [0.1, 0.15) is 12.5 Å². The van der Waals surface area contributed by atoms with Crippen LogP contribution in [0.5, 0.6) is 5.75 Å². The summed E-state index contributed by atoms with van der Waals surface area (Å²) in [5.41, 5.74) is -1.75. The monoisotopic (exact) mass is 250 g/mol. The van der Waals surface area contributed by atoms with Crippen molar-refractivity contribution in [3.63, 3.8) is 0 Å². The van der Waals surface area contributed by atoms with Crippen molar-refractivity contribution in [2.75, 3.05) is 13.2 Å². The minimum atomic E-state index is -4.72. The lowest BCUT2D eigenvalue weighted by Crippen LogP contribution is -2.17. The topological polar surface area (TPSA) is 21.8 Å². The number of epoxide rings is 1. The first-order valence-electron chi connectivity index (χ1n) is 4.94. The minimum Gasteiger partial charge on any atom is -0.490 e. The summed E-state index contributed by atoms with van der Waals surface area (Å²) in [5, 5.41) is 0. The van der Waals surface area contributed by atoms with Crippen molar-refractivity contribution >= 4 is 0 Å². The van der Waals surface area contributed by atoms with Crippen LogP contribution in [0, 0.1) is 5.82 Å². The fourth-order valence-electron chi connectivity index (χ4n) is 1.25. The molecule has 0 aromatic heterocycles. The van der Waals surface area contributed by atoms with Crippen LogP contribution in [0.2, 0.25) is 0 Å². The highest BCUT2D eigenvalue weighted by molar-refractivity contribution is 5.31. The summed E-state index contributed by atoms with van der Waals surface area (Å²) < 4.78 is 60.3. The average molecular weight is 250 g/mol. The quantitative estimate of drug-likeness (QED) is 0.607. The molecule has 1 aliphatic rings. The second-order valence-electron chi connectivity index (χ2n) is 4.17. The van der Waals surface area contributed by atoms with Gasteiger partial charge in [-0.15, -0.1) is 0 Å². The molecule has 0 bridgehead atoms. The molecule has 0 N–H and O–H groups in total. The summed E-state index contributed by atoms with van der Waals surface area (Å²) in [4.78, 5) is 0. The number of halogens is 4. The lowest BCUT2D eigenvalue weighted by atomic mass is 10.2. The summed E-state index contributed by atoms with van der Waals surface area (Å²) in [6, 6.07) is 2.56. The van der Waals surface area contributed by atoms with Crippen LogP contribution in [0.15, 0.2) is 18.2 Å². The molecule has 94 valence electrons. The van der Waals surface area contributed by atoms with E-state index in [1.54, 1.807) is 6.92 Å². The Morgan fingerprint density at radius 3 is 2.59 bits per heavy atom. The van der Waals surface area contributed by atoms with Gasteiger partial charge in [0.25, 0.3) is 0 Å². The molecule has 1 saturated heterocycles. The van der Waals surface area contributed by atoms with Crippen LogP contribution < -0.4 is 4.74 Å². The zero-order valence-corrected chi connectivity index (χ0v) is 8.97. The van der Waals surface area contributed by atoms with Gasteiger partial charge in [0.05, 0.1) is 12.2 Å². The van der Waals surface area contributed by atoms with E-state index in [1.807, 2.05) is 0 Å². The van der Waals surface area contributed by atoms with Crippen molar-refractivity contribution in [1.82, 2.24) is 0 Å². The van der Waals surface area contributed by atoms with E-state index < -0.39 is 23.2 Å². The van der Waals surface area contributed by atoms with E-state index in [-0.39, 0.29) is 12.4 Å². The van der Waals surface area contributed by atoms with Gasteiger partial charge in [0.1, 0.15) is 23.8 Å². The van der Waals surface area contributed by atoms with Crippen LogP contribution in [0.4, 0.5) is 17.6 Å². The van der Waals surface area contributed by atoms with E-state index >= 15 is 0 Å². The zero-order valence-electron chi connectivity index (χ0n) is 8.97. The van der Waals surface area contributed by atoms with Gasteiger partial charge >= 0.3 is 6.18 Å². The molecule has 0 aliphatic carbocycles. The first-order chi connectivity index (χ1) is 7.80. The van der Waals surface area contributed by atoms with Crippen LogP contribution in [-0.4, -0.2) is 18.8 Å². The number of alkyl halides is 3. The number of hydrogen-bond acceptors (Lipinski definition) is 2. The first kappa shape index (κ1) is 12.2. The molecule has 1 aromatic rings. The number of hydrogen-bond donors (Lipinski definition) is 0. The number of rotatable bonds is 3. The van der Waals surface area contributed by atoms with Gasteiger partial charge in [0.2, 0.25) is 0 Å². The highest BCUT2D eigenvalue weighted by Crippen LogP contribution is 2.34. The molecule has 1 fully saturated rings. The van der Waals surface area contributed by atoms with Crippen LogP contribution >= 0.6 is 0 Å². The lowest BCUT2D eigenvalue weighted by molar-refractivity contribution is -0.140. The Kier molecular flexibility index (Phi) is 2.77. The third-order valence-corrected chi connectivity index (χ3v) is 2.42. The van der Waals surface area contributed by atoms with Crippen molar-refractivity contribution < 1.29 is 27.0 Å². The first-order valence-corrected chi connectivity index (χ1v) is 4.94. The van der Waals surface area contributed by atoms with E-state index in [9.17, 15) is 17.6 Å². The average Bonchev–Trinajstić information content (AvgIpc) is 2.94. The van der Waals surface area contributed by atoms with Gasteiger partial charge < -0.3 is 9.47 Å². The molecule has 1 heterocycles. The third-order valence-electron chi connectivity index (χ3n) is 2.42. The Morgan fingerprint density at radius 2 is 2.06 bits per heavy atom. The molecule has 0 amide bonds. The summed E-state index contributed by atoms with van der Waals surface area (Å²) in [6.07, 6.45) is -4.72. The van der Waals surface area contributed by atoms with Gasteiger partial charge in [-0.2, -0.15) is 13.2 Å². The summed E-state index contributed by atoms with van der Waals surface area (Å²) in [7, 11) is 0. The predicted octanol–water partition coefficient (Wildman–Crippen LogP) is 3.01. The van der Waals surface area contributed by atoms with Gasteiger partial charge in [-0.1, -0.05) is 0 Å². The molecule has 2 rings (SSSR count). The summed E-state index contributed by atoms with van der Waals surface area (Å²) in [6.45, 7) is 2.44. The predicted molar refractivity (Wildman–Crippen MR) is 51.3 cm³/mol. The standard InChI is InChI=1S/C11H10F4O2/c1-10(6-17-10)5-16-7-2-3-9(12)8(4-7)11(13,14)15/h2-4H,5-6H2,1H3. The fourth-order valence-corrected chi connectivity index (χ4v) is 1.25. The van der Waals surface area contributed by atoms with Gasteiger partial charge in [0.15, 0.2) is 0 Å². The highest BCUT2D eigenvalue weighted by Gasteiger charge is 2.40. The Labute approximate surface area is 95.1 Å². The molecular weight excluding hydrogens is 240 g/mol. The fraction of sp³-hybridized carbons (Fsp3) is 0.455. The summed E-state index contributed by atoms with van der Waals surface area (Å²) >= 11 is 0. The van der Waals surface area contributed by atoms with Crippen LogP contribution in [-0.2, 0) is 10.9 Å². The van der Waals surface area contributed by atoms with Crippen molar-refractivity contribution in [3.8, 4) is 5.75 Å². The molecule has 1 atom stereocenters. The molecule has 0 spiro atoms. The smallest absolute Gasteiger partial charge is 0.419 e. The number of benzene rings is 1. The summed E-state index contributed by atoms with van der Waals surface area (Å²) in [5.74, 6) is -1.32. The molecule has 2 nitrogen and oxygen atoms in total. The second-order valence-corrected chi connectivity index (χ2v) is 4.17. The second kappa shape index (κ2) is 3.87. The van der Waals surface area contributed by atoms with Gasteiger partial charge in [0, 0.05) is 0 Å². The van der Waals surface area contributed by atoms with Crippen LogP contribution in [0.25, 0.3) is 0 Å². The Hall–Kier alpha value is -1.30. The molecular formula is C11H10F4O2. The van der Waals surface area contributed by atoms with Crippen molar-refractivity contribution in [3.05, 3.63) is 29.6 Å². The minimum absolute atomic E-state index is 0.0181. The lowest BCUT2D eigenvalue weighted by Gasteiger charge is -2.12. The van der Waals surface area contributed by atoms with Crippen molar-refractivity contribution in [2.24, 2.45) is 0 Å². The van der Waals surface area contributed by atoms with Crippen molar-refractivity contribution in [1.29, 1.82) is 0 Å². The van der Waals surface area contributed by atoms with E-state index in [0.717, 1.165) is 12.1 Å². The molecule has 1 aromatic carbocycles. The Morgan fingerprint density at radius 1 is 1.41 bits per heavy atom. The normalized spacial score (nSPS) is 23.6. The third kappa shape index (κ3) is 2.88. The largest absolute Gasteiger partial charge is 0.490 e. The van der Waals surface area contributed by atoms with E-state index in [2.05, 4.69) is 0 Å². The van der Waals surface area contributed by atoms with Crippen LogP contribution in [0.3, 0.4) is 0 Å². The number of ether oxygens (including phenoxy) is 2. The molecule has 17 heavy (non-hydrogen) atoms. The molecule has 6 heteroatoms. The molecule has 0 radical (unpaired) electrons. The highest BCUT2D eigenvalue weighted by atomic mass is 19.4. The van der Waals surface area contributed by atoms with Gasteiger partial charge in [-0.25, -0.2) is 4.39 Å². The maximum absolute atomic E-state index is 13.0. The molecule has 0 saturated carbocycles. The Bertz CT molecular complexity index is 424. The van der Waals surface area contributed by atoms with Crippen molar-refractivity contribution in [2.45, 2.75) is 18.7 Å². The SMILES string of the molecule is CC1(COc2ccc(F)c(C(F)(F)F)c2)CO1. The maximum atomic E-state index is 13.0. The maximum Gasteiger partial charge on any atom is 0.419 e.